The number of hydrogen-bond acceptors (Lipinski definition) is 2. The molecule has 118 valence electrons. The largest absolute Gasteiger partial charge is 0.311 e. The number of nitrogens with one attached hydrogen (secondary N) is 1. The molecular formula is C18H36N2. The number of hydrogen-bond donors (Lipinski definition) is 1. The zero-order valence-corrected chi connectivity index (χ0v) is 14.2. The van der Waals surface area contributed by atoms with Gasteiger partial charge in [0.2, 0.25) is 0 Å². The first kappa shape index (κ1) is 16.3. The molecule has 2 rings (SSSR count). The molecule has 0 spiro atoms. The molecule has 0 amide bonds. The predicted octanol–water partition coefficient (Wildman–Crippen LogP) is 3.91. The molecule has 1 aliphatic carbocycles. The van der Waals surface area contributed by atoms with E-state index in [1.165, 1.54) is 58.2 Å². The van der Waals surface area contributed by atoms with Gasteiger partial charge in [0.05, 0.1) is 0 Å². The van der Waals surface area contributed by atoms with Crippen molar-refractivity contribution in [3.8, 4) is 0 Å². The molecule has 1 heterocycles. The molecule has 0 aromatic heterocycles. The van der Waals surface area contributed by atoms with Crippen LogP contribution < -0.4 is 5.32 Å². The van der Waals surface area contributed by atoms with Crippen molar-refractivity contribution >= 4 is 0 Å². The van der Waals surface area contributed by atoms with Crippen LogP contribution in [0.15, 0.2) is 0 Å². The third-order valence-corrected chi connectivity index (χ3v) is 5.72. The van der Waals surface area contributed by atoms with Crippen LogP contribution in [0.4, 0.5) is 0 Å². The van der Waals surface area contributed by atoms with E-state index in [0.717, 1.165) is 29.8 Å². The zero-order valence-electron chi connectivity index (χ0n) is 14.2. The molecule has 1 N–H and O–H groups in total. The molecule has 0 radical (unpaired) electrons. The molecule has 2 fully saturated rings. The molecule has 3 atom stereocenters. The maximum Gasteiger partial charge on any atom is 0.0244 e. The van der Waals surface area contributed by atoms with Crippen molar-refractivity contribution < 1.29 is 0 Å². The van der Waals surface area contributed by atoms with E-state index in [4.69, 9.17) is 0 Å². The summed E-state index contributed by atoms with van der Waals surface area (Å²) in [6, 6.07) is 1.50. The second-order valence-corrected chi connectivity index (χ2v) is 7.69. The van der Waals surface area contributed by atoms with Crippen LogP contribution in [0.2, 0.25) is 0 Å². The maximum absolute atomic E-state index is 3.90. The fraction of sp³-hybridized carbons (Fsp3) is 1.00. The Labute approximate surface area is 126 Å². The van der Waals surface area contributed by atoms with E-state index < -0.39 is 0 Å². The Morgan fingerprint density at radius 2 is 1.80 bits per heavy atom. The van der Waals surface area contributed by atoms with Crippen LogP contribution in [-0.2, 0) is 0 Å². The van der Waals surface area contributed by atoms with Gasteiger partial charge in [0.25, 0.3) is 0 Å². The molecule has 0 aromatic rings. The van der Waals surface area contributed by atoms with Crippen molar-refractivity contribution in [2.75, 3.05) is 19.6 Å². The first-order valence-corrected chi connectivity index (χ1v) is 9.09. The van der Waals surface area contributed by atoms with Crippen LogP contribution in [0.1, 0.15) is 66.2 Å². The summed E-state index contributed by atoms with van der Waals surface area (Å²) in [6.07, 6.45) is 8.61. The van der Waals surface area contributed by atoms with Crippen LogP contribution in [0.3, 0.4) is 0 Å². The standard InChI is InChI=1S/C18H36N2/c1-5-15(4)12-20-13-17(16-9-7-6-8-10-16)19-11-18(20)14(2)3/h14-19H,5-13H2,1-4H3. The average molecular weight is 280 g/mol. The summed E-state index contributed by atoms with van der Waals surface area (Å²) in [5.74, 6) is 2.54. The molecule has 1 saturated carbocycles. The third kappa shape index (κ3) is 4.21. The highest BCUT2D eigenvalue weighted by Gasteiger charge is 2.34. The second-order valence-electron chi connectivity index (χ2n) is 7.69. The van der Waals surface area contributed by atoms with E-state index in [2.05, 4.69) is 37.9 Å². The normalized spacial score (nSPS) is 31.6. The lowest BCUT2D eigenvalue weighted by atomic mass is 9.82. The molecule has 2 aliphatic rings. The molecule has 3 unspecified atom stereocenters. The van der Waals surface area contributed by atoms with E-state index in [1.54, 1.807) is 0 Å². The smallest absolute Gasteiger partial charge is 0.0244 e. The van der Waals surface area contributed by atoms with Gasteiger partial charge in [-0.05, 0) is 30.6 Å². The molecule has 0 bridgehead atoms. The van der Waals surface area contributed by atoms with Crippen molar-refractivity contribution in [3.63, 3.8) is 0 Å². The number of nitrogens with zero attached hydrogens (tertiary/aromatic N) is 1. The lowest BCUT2D eigenvalue weighted by molar-refractivity contribution is 0.0604. The Bertz CT molecular complexity index is 271. The van der Waals surface area contributed by atoms with Gasteiger partial charge in [0.1, 0.15) is 0 Å². The van der Waals surface area contributed by atoms with E-state index in [9.17, 15) is 0 Å². The van der Waals surface area contributed by atoms with Crippen molar-refractivity contribution in [1.82, 2.24) is 10.2 Å². The summed E-state index contributed by atoms with van der Waals surface area (Å²) in [4.78, 5) is 2.81. The zero-order chi connectivity index (χ0) is 14.5. The highest BCUT2D eigenvalue weighted by atomic mass is 15.2. The monoisotopic (exact) mass is 280 g/mol. The summed E-state index contributed by atoms with van der Waals surface area (Å²) in [5.41, 5.74) is 0. The first-order valence-electron chi connectivity index (χ1n) is 9.09. The van der Waals surface area contributed by atoms with Gasteiger partial charge in [-0.15, -0.1) is 0 Å². The average Bonchev–Trinajstić information content (AvgIpc) is 2.47. The van der Waals surface area contributed by atoms with E-state index in [1.807, 2.05) is 0 Å². The van der Waals surface area contributed by atoms with Gasteiger partial charge in [-0.1, -0.05) is 53.4 Å². The molecule has 20 heavy (non-hydrogen) atoms. The van der Waals surface area contributed by atoms with Crippen LogP contribution in [-0.4, -0.2) is 36.6 Å². The fourth-order valence-electron chi connectivity index (χ4n) is 4.10. The topological polar surface area (TPSA) is 15.3 Å². The maximum atomic E-state index is 3.90. The van der Waals surface area contributed by atoms with Gasteiger partial charge >= 0.3 is 0 Å². The minimum atomic E-state index is 0.740. The third-order valence-electron chi connectivity index (χ3n) is 5.72. The highest BCUT2D eigenvalue weighted by molar-refractivity contribution is 4.92. The van der Waals surface area contributed by atoms with Crippen molar-refractivity contribution in [2.45, 2.75) is 78.3 Å². The van der Waals surface area contributed by atoms with Gasteiger partial charge in [0.15, 0.2) is 0 Å². The van der Waals surface area contributed by atoms with Crippen LogP contribution in [0.25, 0.3) is 0 Å². The van der Waals surface area contributed by atoms with E-state index in [0.29, 0.717) is 0 Å². The van der Waals surface area contributed by atoms with Gasteiger partial charge in [0, 0.05) is 31.7 Å². The summed E-state index contributed by atoms with van der Waals surface area (Å²) in [7, 11) is 0. The lowest BCUT2D eigenvalue weighted by Gasteiger charge is -2.46. The molecule has 2 nitrogen and oxygen atoms in total. The fourth-order valence-corrected chi connectivity index (χ4v) is 4.10. The highest BCUT2D eigenvalue weighted by Crippen LogP contribution is 2.29. The molecular weight excluding hydrogens is 244 g/mol. The van der Waals surface area contributed by atoms with E-state index in [-0.39, 0.29) is 0 Å². The van der Waals surface area contributed by atoms with Crippen molar-refractivity contribution in [1.29, 1.82) is 0 Å². The van der Waals surface area contributed by atoms with Crippen molar-refractivity contribution in [2.24, 2.45) is 17.8 Å². The van der Waals surface area contributed by atoms with E-state index >= 15 is 0 Å². The van der Waals surface area contributed by atoms with Crippen LogP contribution >= 0.6 is 0 Å². The SMILES string of the molecule is CCC(C)CN1CC(C2CCCCC2)NCC1C(C)C. The Balaban J connectivity index is 1.95. The summed E-state index contributed by atoms with van der Waals surface area (Å²) in [6.45, 7) is 13.3. The summed E-state index contributed by atoms with van der Waals surface area (Å²) < 4.78 is 0. The Morgan fingerprint density at radius 1 is 1.10 bits per heavy atom. The minimum absolute atomic E-state index is 0.740. The number of piperazine rings is 1. The molecule has 1 aliphatic heterocycles. The Kier molecular flexibility index (Phi) is 6.35. The van der Waals surface area contributed by atoms with Gasteiger partial charge in [-0.2, -0.15) is 0 Å². The van der Waals surface area contributed by atoms with Crippen LogP contribution in [0.5, 0.6) is 0 Å². The Morgan fingerprint density at radius 3 is 2.40 bits per heavy atom. The predicted molar refractivity (Wildman–Crippen MR) is 88.0 cm³/mol. The molecule has 1 saturated heterocycles. The molecule has 0 aromatic carbocycles. The summed E-state index contributed by atoms with van der Waals surface area (Å²) in [5, 5.41) is 3.90. The molecule has 2 heteroatoms. The quantitative estimate of drug-likeness (QED) is 0.821. The summed E-state index contributed by atoms with van der Waals surface area (Å²) >= 11 is 0. The van der Waals surface area contributed by atoms with Gasteiger partial charge < -0.3 is 5.32 Å². The second kappa shape index (κ2) is 7.79. The number of rotatable bonds is 5. The van der Waals surface area contributed by atoms with Crippen LogP contribution in [0, 0.1) is 17.8 Å². The van der Waals surface area contributed by atoms with Gasteiger partial charge in [-0.3, -0.25) is 4.90 Å². The minimum Gasteiger partial charge on any atom is -0.311 e. The lowest BCUT2D eigenvalue weighted by Crippen LogP contribution is -2.61. The Hall–Kier alpha value is -0.0800. The van der Waals surface area contributed by atoms with Crippen molar-refractivity contribution in [3.05, 3.63) is 0 Å². The first-order chi connectivity index (χ1) is 9.61. The van der Waals surface area contributed by atoms with Gasteiger partial charge in [-0.25, -0.2) is 0 Å².